The van der Waals surface area contributed by atoms with Gasteiger partial charge in [-0.05, 0) is 19.4 Å². The number of nitrogens with one attached hydrogen (secondary N) is 1. The van der Waals surface area contributed by atoms with Gasteiger partial charge in [0.2, 0.25) is 0 Å². The number of methoxy groups -OCH3 is 1. The topological polar surface area (TPSA) is 48.3 Å². The highest BCUT2D eigenvalue weighted by atomic mass is 16.5. The first kappa shape index (κ1) is 15.9. The van der Waals surface area contributed by atoms with Gasteiger partial charge in [-0.2, -0.15) is 5.10 Å². The van der Waals surface area contributed by atoms with Gasteiger partial charge in [0.15, 0.2) is 0 Å². The normalized spacial score (nSPS) is 11.3. The minimum Gasteiger partial charge on any atom is -0.383 e. The van der Waals surface area contributed by atoms with Crippen LogP contribution in [-0.4, -0.2) is 43.3 Å². The molecular formula is C16H25N3O2. The zero-order chi connectivity index (χ0) is 14.9. The van der Waals surface area contributed by atoms with Gasteiger partial charge >= 0.3 is 0 Å². The number of benzene rings is 1. The number of hydrogen-bond donors (Lipinski definition) is 1. The van der Waals surface area contributed by atoms with E-state index in [-0.39, 0.29) is 0 Å². The van der Waals surface area contributed by atoms with Crippen molar-refractivity contribution in [2.45, 2.75) is 26.4 Å². The van der Waals surface area contributed by atoms with E-state index >= 15 is 0 Å². The number of ether oxygens (including phenoxy) is 2. The van der Waals surface area contributed by atoms with Crippen LogP contribution in [0.5, 0.6) is 0 Å². The Bertz CT molecular complexity index is 493. The van der Waals surface area contributed by atoms with Gasteiger partial charge in [0, 0.05) is 45.3 Å². The van der Waals surface area contributed by atoms with Crippen molar-refractivity contribution in [2.75, 3.05) is 33.5 Å². The second-order valence-corrected chi connectivity index (χ2v) is 4.91. The molecular weight excluding hydrogens is 266 g/mol. The average molecular weight is 291 g/mol. The van der Waals surface area contributed by atoms with E-state index in [0.717, 1.165) is 45.0 Å². The minimum atomic E-state index is 0.715. The zero-order valence-electron chi connectivity index (χ0n) is 13.0. The summed E-state index contributed by atoms with van der Waals surface area (Å²) in [6, 6.07) is 8.38. The van der Waals surface area contributed by atoms with Gasteiger partial charge in [-0.15, -0.1) is 0 Å². The van der Waals surface area contributed by atoms with Crippen LogP contribution in [-0.2, 0) is 22.6 Å². The van der Waals surface area contributed by atoms with Crippen molar-refractivity contribution in [3.8, 4) is 0 Å². The van der Waals surface area contributed by atoms with Gasteiger partial charge in [-0.25, -0.2) is 0 Å². The van der Waals surface area contributed by atoms with Crippen molar-refractivity contribution in [1.82, 2.24) is 15.1 Å². The number of aromatic nitrogens is 2. The first-order chi connectivity index (χ1) is 10.4. The maximum absolute atomic E-state index is 5.40. The molecule has 1 N–H and O–H groups in total. The van der Waals surface area contributed by atoms with Crippen LogP contribution < -0.4 is 5.32 Å². The molecule has 0 unspecified atom stereocenters. The summed E-state index contributed by atoms with van der Waals surface area (Å²) in [6.07, 6.45) is 0.982. The van der Waals surface area contributed by atoms with Gasteiger partial charge in [-0.1, -0.05) is 18.2 Å². The van der Waals surface area contributed by atoms with Gasteiger partial charge in [0.05, 0.1) is 17.8 Å². The first-order valence-corrected chi connectivity index (χ1v) is 7.58. The SMILES string of the molecule is CCOCCCn1nc(CNCCOC)c2ccccc21. The number of hydrogen-bond acceptors (Lipinski definition) is 4. The molecule has 5 nitrogen and oxygen atoms in total. The largest absolute Gasteiger partial charge is 0.383 e. The van der Waals surface area contributed by atoms with Crippen molar-refractivity contribution in [1.29, 1.82) is 0 Å². The summed E-state index contributed by atoms with van der Waals surface area (Å²) < 4.78 is 12.5. The predicted octanol–water partition coefficient (Wildman–Crippen LogP) is 2.20. The molecule has 0 aliphatic carbocycles. The summed E-state index contributed by atoms with van der Waals surface area (Å²) in [4.78, 5) is 0. The fourth-order valence-corrected chi connectivity index (χ4v) is 2.34. The van der Waals surface area contributed by atoms with E-state index in [1.54, 1.807) is 7.11 Å². The second-order valence-electron chi connectivity index (χ2n) is 4.91. The van der Waals surface area contributed by atoms with Crippen LogP contribution in [0.25, 0.3) is 10.9 Å². The summed E-state index contributed by atoms with van der Waals surface area (Å²) in [5.74, 6) is 0. The summed E-state index contributed by atoms with van der Waals surface area (Å²) in [7, 11) is 1.71. The molecule has 2 aromatic rings. The molecule has 0 saturated heterocycles. The molecule has 1 heterocycles. The molecule has 0 radical (unpaired) electrons. The van der Waals surface area contributed by atoms with Crippen molar-refractivity contribution in [3.63, 3.8) is 0 Å². The van der Waals surface area contributed by atoms with E-state index in [2.05, 4.69) is 34.3 Å². The van der Waals surface area contributed by atoms with Crippen molar-refractivity contribution < 1.29 is 9.47 Å². The predicted molar refractivity (Wildman–Crippen MR) is 84.4 cm³/mol. The lowest BCUT2D eigenvalue weighted by Crippen LogP contribution is -2.19. The van der Waals surface area contributed by atoms with E-state index < -0.39 is 0 Å². The van der Waals surface area contributed by atoms with Crippen molar-refractivity contribution in [2.24, 2.45) is 0 Å². The van der Waals surface area contributed by atoms with E-state index in [1.165, 1.54) is 10.9 Å². The summed E-state index contributed by atoms with van der Waals surface area (Å²) in [5, 5.41) is 9.32. The van der Waals surface area contributed by atoms with Crippen LogP contribution in [0.15, 0.2) is 24.3 Å². The maximum atomic E-state index is 5.40. The van der Waals surface area contributed by atoms with E-state index in [4.69, 9.17) is 14.6 Å². The smallest absolute Gasteiger partial charge is 0.0841 e. The van der Waals surface area contributed by atoms with Crippen LogP contribution in [0, 0.1) is 0 Å². The second kappa shape index (κ2) is 8.77. The molecule has 0 saturated carbocycles. The Kier molecular flexibility index (Phi) is 6.66. The van der Waals surface area contributed by atoms with Crippen LogP contribution in [0.2, 0.25) is 0 Å². The van der Waals surface area contributed by atoms with Gasteiger partial charge in [-0.3, -0.25) is 4.68 Å². The monoisotopic (exact) mass is 291 g/mol. The molecule has 0 bridgehead atoms. The summed E-state index contributed by atoms with van der Waals surface area (Å²) in [5.41, 5.74) is 2.29. The lowest BCUT2D eigenvalue weighted by molar-refractivity contribution is 0.141. The third-order valence-electron chi connectivity index (χ3n) is 3.37. The number of rotatable bonds is 10. The van der Waals surface area contributed by atoms with Crippen LogP contribution in [0.4, 0.5) is 0 Å². The summed E-state index contributed by atoms with van der Waals surface area (Å²) in [6.45, 7) is 6.78. The van der Waals surface area contributed by atoms with Crippen LogP contribution in [0.3, 0.4) is 0 Å². The Balaban J connectivity index is 2.03. The fourth-order valence-electron chi connectivity index (χ4n) is 2.34. The fraction of sp³-hybridized carbons (Fsp3) is 0.562. The number of fused-ring (bicyclic) bond motifs is 1. The molecule has 0 amide bonds. The molecule has 21 heavy (non-hydrogen) atoms. The standard InChI is InChI=1S/C16H25N3O2/c1-3-21-11-6-10-19-16-8-5-4-7-14(16)15(18-19)13-17-9-12-20-2/h4-5,7-8,17H,3,6,9-13H2,1-2H3. The maximum Gasteiger partial charge on any atom is 0.0841 e. The van der Waals surface area contributed by atoms with Crippen LogP contribution >= 0.6 is 0 Å². The van der Waals surface area contributed by atoms with E-state index in [9.17, 15) is 0 Å². The quantitative estimate of drug-likeness (QED) is 0.682. The van der Waals surface area contributed by atoms with Gasteiger partial charge < -0.3 is 14.8 Å². The average Bonchev–Trinajstić information content (AvgIpc) is 2.87. The third-order valence-corrected chi connectivity index (χ3v) is 3.37. The highest BCUT2D eigenvalue weighted by molar-refractivity contribution is 5.81. The number of nitrogens with zero attached hydrogens (tertiary/aromatic N) is 2. The Morgan fingerprint density at radius 3 is 2.90 bits per heavy atom. The molecule has 0 atom stereocenters. The molecule has 1 aromatic heterocycles. The Morgan fingerprint density at radius 1 is 1.24 bits per heavy atom. The highest BCUT2D eigenvalue weighted by Crippen LogP contribution is 2.18. The Labute approximate surface area is 126 Å². The van der Waals surface area contributed by atoms with Gasteiger partial charge in [0.25, 0.3) is 0 Å². The van der Waals surface area contributed by atoms with Crippen LogP contribution in [0.1, 0.15) is 19.0 Å². The third kappa shape index (κ3) is 4.52. The van der Waals surface area contributed by atoms with E-state index in [1.807, 2.05) is 6.92 Å². The number of aryl methyl sites for hydroxylation is 1. The molecule has 1 aromatic carbocycles. The highest BCUT2D eigenvalue weighted by Gasteiger charge is 2.09. The zero-order valence-corrected chi connectivity index (χ0v) is 13.0. The molecule has 116 valence electrons. The first-order valence-electron chi connectivity index (χ1n) is 7.58. The minimum absolute atomic E-state index is 0.715. The molecule has 0 fully saturated rings. The molecule has 5 heteroatoms. The molecule has 0 aliphatic heterocycles. The Hall–Kier alpha value is -1.43. The molecule has 2 rings (SSSR count). The Morgan fingerprint density at radius 2 is 2.10 bits per heavy atom. The lowest BCUT2D eigenvalue weighted by Gasteiger charge is -2.03. The number of para-hydroxylation sites is 1. The lowest BCUT2D eigenvalue weighted by atomic mass is 10.2. The van der Waals surface area contributed by atoms with Crippen molar-refractivity contribution >= 4 is 10.9 Å². The summed E-state index contributed by atoms with van der Waals surface area (Å²) >= 11 is 0. The van der Waals surface area contributed by atoms with E-state index in [0.29, 0.717) is 6.61 Å². The van der Waals surface area contributed by atoms with Crippen molar-refractivity contribution in [3.05, 3.63) is 30.0 Å². The molecule has 0 spiro atoms. The molecule has 0 aliphatic rings. The van der Waals surface area contributed by atoms with Gasteiger partial charge in [0.1, 0.15) is 0 Å².